The standard InChI is InChI=1S/C19H24.C13H16N2S/c1-5-6-16-9-13-18(14-10-16)19(3,4)17-11-7-15(2)8-12-17;1-10-4-6-12(7-5-10)8-13(11(2)14)16-9-15-3/h7-14H,5-6H2,1-4H3;4-9H,2,14H2,1,3H3/b;13-8+,15-9?. The van der Waals surface area contributed by atoms with Crippen molar-refractivity contribution in [3.05, 3.63) is 123 Å². The van der Waals surface area contributed by atoms with Crippen LogP contribution in [0.2, 0.25) is 0 Å². The van der Waals surface area contributed by atoms with Crippen molar-refractivity contribution in [3.8, 4) is 0 Å². The molecule has 0 radical (unpaired) electrons. The van der Waals surface area contributed by atoms with Gasteiger partial charge < -0.3 is 5.73 Å². The molecule has 3 heteroatoms. The van der Waals surface area contributed by atoms with Gasteiger partial charge in [-0.1, -0.05) is 129 Å². The first kappa shape index (κ1) is 28.2. The zero-order valence-corrected chi connectivity index (χ0v) is 23.0. The molecule has 0 aliphatic heterocycles. The largest absolute Gasteiger partial charge is 0.398 e. The van der Waals surface area contributed by atoms with Crippen LogP contribution in [0.3, 0.4) is 0 Å². The zero-order valence-electron chi connectivity index (χ0n) is 22.1. The normalized spacial score (nSPS) is 11.8. The van der Waals surface area contributed by atoms with E-state index in [4.69, 9.17) is 5.73 Å². The van der Waals surface area contributed by atoms with Crippen LogP contribution in [0.1, 0.15) is 60.6 Å². The molecule has 0 spiro atoms. The molecule has 0 atom stereocenters. The molecule has 0 bridgehead atoms. The number of benzene rings is 3. The molecule has 3 aromatic carbocycles. The monoisotopic (exact) mass is 484 g/mol. The van der Waals surface area contributed by atoms with Crippen molar-refractivity contribution >= 4 is 23.4 Å². The molecule has 0 unspecified atom stereocenters. The van der Waals surface area contributed by atoms with Crippen LogP contribution in [-0.4, -0.2) is 12.6 Å². The molecule has 3 rings (SSSR count). The van der Waals surface area contributed by atoms with Crippen LogP contribution >= 0.6 is 11.8 Å². The lowest BCUT2D eigenvalue weighted by molar-refractivity contribution is 0.640. The Morgan fingerprint density at radius 3 is 1.83 bits per heavy atom. The van der Waals surface area contributed by atoms with Crippen LogP contribution in [-0.2, 0) is 11.8 Å². The first-order chi connectivity index (χ1) is 16.7. The number of hydrogen-bond donors (Lipinski definition) is 1. The first-order valence-corrected chi connectivity index (χ1v) is 13.0. The maximum atomic E-state index is 5.71. The van der Waals surface area contributed by atoms with Gasteiger partial charge in [0, 0.05) is 23.1 Å². The van der Waals surface area contributed by atoms with Gasteiger partial charge in [0.1, 0.15) is 0 Å². The minimum atomic E-state index is 0.0679. The molecular formula is C32H40N2S. The summed E-state index contributed by atoms with van der Waals surface area (Å²) in [7, 11) is 1.73. The molecule has 2 nitrogen and oxygen atoms in total. The third-order valence-electron chi connectivity index (χ3n) is 5.96. The van der Waals surface area contributed by atoms with Crippen molar-refractivity contribution in [2.24, 2.45) is 10.7 Å². The van der Waals surface area contributed by atoms with Gasteiger partial charge >= 0.3 is 0 Å². The fourth-order valence-corrected chi connectivity index (χ4v) is 4.21. The van der Waals surface area contributed by atoms with Gasteiger partial charge in [-0.15, -0.1) is 0 Å². The van der Waals surface area contributed by atoms with E-state index in [1.54, 1.807) is 12.6 Å². The van der Waals surface area contributed by atoms with E-state index in [0.29, 0.717) is 5.70 Å². The minimum Gasteiger partial charge on any atom is -0.398 e. The van der Waals surface area contributed by atoms with Gasteiger partial charge in [-0.25, -0.2) is 0 Å². The molecule has 35 heavy (non-hydrogen) atoms. The van der Waals surface area contributed by atoms with E-state index in [9.17, 15) is 0 Å². The summed E-state index contributed by atoms with van der Waals surface area (Å²) < 4.78 is 0. The Morgan fingerprint density at radius 2 is 1.37 bits per heavy atom. The van der Waals surface area contributed by atoms with E-state index in [2.05, 4.69) is 119 Å². The highest BCUT2D eigenvalue weighted by Gasteiger charge is 2.22. The number of nitrogens with two attached hydrogens (primary N) is 1. The van der Waals surface area contributed by atoms with Crippen molar-refractivity contribution in [2.45, 2.75) is 52.9 Å². The topological polar surface area (TPSA) is 38.4 Å². The van der Waals surface area contributed by atoms with Crippen molar-refractivity contribution in [2.75, 3.05) is 7.05 Å². The molecule has 2 N–H and O–H groups in total. The average molecular weight is 485 g/mol. The number of aliphatic imine (C=N–C) groups is 1. The van der Waals surface area contributed by atoms with E-state index in [1.807, 2.05) is 6.08 Å². The average Bonchev–Trinajstić information content (AvgIpc) is 2.84. The SMILES string of the molecule is C=C(N)/C(=C\c1ccc(C)cc1)SC=NC.CCCc1ccc(C(C)(C)c2ccc(C)cc2)cc1. The molecule has 184 valence electrons. The summed E-state index contributed by atoms with van der Waals surface area (Å²) in [6, 6.07) is 26.3. The van der Waals surface area contributed by atoms with Crippen LogP contribution in [0, 0.1) is 13.8 Å². The van der Waals surface area contributed by atoms with Gasteiger partial charge in [-0.3, -0.25) is 4.99 Å². The van der Waals surface area contributed by atoms with Gasteiger partial charge in [0.15, 0.2) is 0 Å². The first-order valence-electron chi connectivity index (χ1n) is 12.1. The highest BCUT2D eigenvalue weighted by molar-refractivity contribution is 8.15. The van der Waals surface area contributed by atoms with Gasteiger partial charge in [0.2, 0.25) is 0 Å². The summed E-state index contributed by atoms with van der Waals surface area (Å²) >= 11 is 1.47. The molecule has 3 aromatic rings. The predicted molar refractivity (Wildman–Crippen MR) is 158 cm³/mol. The van der Waals surface area contributed by atoms with Crippen LogP contribution in [0.4, 0.5) is 0 Å². The second-order valence-electron chi connectivity index (χ2n) is 9.36. The molecule has 0 fully saturated rings. The quantitative estimate of drug-likeness (QED) is 0.198. The van der Waals surface area contributed by atoms with E-state index in [-0.39, 0.29) is 5.41 Å². The van der Waals surface area contributed by atoms with Crippen molar-refractivity contribution in [1.29, 1.82) is 0 Å². The highest BCUT2D eigenvalue weighted by atomic mass is 32.2. The Bertz CT molecular complexity index is 1120. The van der Waals surface area contributed by atoms with E-state index >= 15 is 0 Å². The van der Waals surface area contributed by atoms with Gasteiger partial charge in [0.25, 0.3) is 0 Å². The van der Waals surface area contributed by atoms with E-state index in [1.165, 1.54) is 52.4 Å². The summed E-state index contributed by atoms with van der Waals surface area (Å²) in [5.74, 6) is 0. The second kappa shape index (κ2) is 13.7. The number of nitrogens with zero attached hydrogens (tertiary/aromatic N) is 1. The van der Waals surface area contributed by atoms with Gasteiger partial charge in [-0.2, -0.15) is 0 Å². The molecule has 0 aliphatic rings. The molecule has 0 heterocycles. The van der Waals surface area contributed by atoms with E-state index in [0.717, 1.165) is 10.5 Å². The Morgan fingerprint density at radius 1 is 0.886 bits per heavy atom. The summed E-state index contributed by atoms with van der Waals surface area (Å²) in [5, 5.41) is 0. The molecule has 0 aromatic heterocycles. The van der Waals surface area contributed by atoms with Crippen molar-refractivity contribution in [1.82, 2.24) is 0 Å². The zero-order chi connectivity index (χ0) is 25.8. The van der Waals surface area contributed by atoms with Gasteiger partial charge in [0.05, 0.1) is 5.55 Å². The highest BCUT2D eigenvalue weighted by Crippen LogP contribution is 2.31. The van der Waals surface area contributed by atoms with Crippen LogP contribution in [0.5, 0.6) is 0 Å². The fourth-order valence-electron chi connectivity index (χ4n) is 3.64. The van der Waals surface area contributed by atoms with Crippen LogP contribution < -0.4 is 5.73 Å². The van der Waals surface area contributed by atoms with Gasteiger partial charge in [-0.05, 0) is 48.6 Å². The van der Waals surface area contributed by atoms with Crippen molar-refractivity contribution in [3.63, 3.8) is 0 Å². The third-order valence-corrected chi connectivity index (χ3v) is 6.91. The molecule has 0 aliphatic carbocycles. The molecular weight excluding hydrogens is 444 g/mol. The second-order valence-corrected chi connectivity index (χ2v) is 10.3. The number of rotatable bonds is 8. The fraction of sp³-hybridized carbons (Fsp3) is 0.281. The summed E-state index contributed by atoms with van der Waals surface area (Å²) in [6.07, 6.45) is 4.39. The Kier molecular flexibility index (Phi) is 11.1. The van der Waals surface area contributed by atoms with Crippen LogP contribution in [0.25, 0.3) is 6.08 Å². The maximum absolute atomic E-state index is 5.71. The number of hydrogen-bond acceptors (Lipinski definition) is 3. The number of aryl methyl sites for hydroxylation is 3. The Hall–Kier alpha value is -3.04. The minimum absolute atomic E-state index is 0.0679. The predicted octanol–water partition coefficient (Wildman–Crippen LogP) is 8.47. The maximum Gasteiger partial charge on any atom is 0.0586 e. The lowest BCUT2D eigenvalue weighted by Crippen LogP contribution is -2.18. The molecule has 0 amide bonds. The lowest BCUT2D eigenvalue weighted by atomic mass is 9.77. The summed E-state index contributed by atoms with van der Waals surface area (Å²) in [4.78, 5) is 4.84. The lowest BCUT2D eigenvalue weighted by Gasteiger charge is -2.26. The summed E-state index contributed by atoms with van der Waals surface area (Å²) in [5.41, 5.74) is 16.0. The smallest absolute Gasteiger partial charge is 0.0586 e. The Labute approximate surface area is 217 Å². The van der Waals surface area contributed by atoms with Crippen LogP contribution in [0.15, 0.2) is 95.0 Å². The third kappa shape index (κ3) is 8.92. The van der Waals surface area contributed by atoms with E-state index < -0.39 is 0 Å². The molecule has 0 saturated heterocycles. The summed E-state index contributed by atoms with van der Waals surface area (Å²) in [6.45, 7) is 14.8. The van der Waals surface area contributed by atoms with Crippen molar-refractivity contribution < 1.29 is 0 Å². The Balaban J connectivity index is 0.000000251. The molecule has 0 saturated carbocycles. The number of thioether (sulfide) groups is 1.